The number of benzene rings is 1. The van der Waals surface area contributed by atoms with Crippen LogP contribution in [0.15, 0.2) is 18.2 Å². The molecule has 0 aliphatic rings. The van der Waals surface area contributed by atoms with Gasteiger partial charge in [0.15, 0.2) is 5.75 Å². The van der Waals surface area contributed by atoms with Crippen molar-refractivity contribution >= 4 is 11.6 Å². The van der Waals surface area contributed by atoms with Crippen LogP contribution in [0.25, 0.3) is 0 Å². The lowest BCUT2D eigenvalue weighted by Gasteiger charge is -2.16. The topological polar surface area (TPSA) is 84.6 Å². The third-order valence-electron chi connectivity index (χ3n) is 2.63. The normalized spacial score (nSPS) is 11.9. The van der Waals surface area contributed by atoms with E-state index in [1.165, 1.54) is 0 Å². The first-order chi connectivity index (χ1) is 8.63. The van der Waals surface area contributed by atoms with Crippen LogP contribution in [-0.2, 0) is 0 Å². The van der Waals surface area contributed by atoms with E-state index in [4.69, 9.17) is 15.6 Å². The van der Waals surface area contributed by atoms with Crippen molar-refractivity contribution in [3.05, 3.63) is 23.8 Å². The van der Waals surface area contributed by atoms with E-state index in [1.807, 2.05) is 13.8 Å². The lowest BCUT2D eigenvalue weighted by Crippen LogP contribution is -2.37. The van der Waals surface area contributed by atoms with Crippen LogP contribution in [0.3, 0.4) is 0 Å². The number of carbonyl (C=O) groups is 1. The van der Waals surface area contributed by atoms with E-state index in [1.54, 1.807) is 18.2 Å². The highest BCUT2D eigenvalue weighted by Crippen LogP contribution is 2.26. The molecule has 1 atom stereocenters. The number of hydrogen-bond donors (Lipinski definition) is 3. The van der Waals surface area contributed by atoms with Crippen LogP contribution < -0.4 is 15.8 Å². The fraction of sp³-hybridized carbons (Fsp3) is 0.462. The van der Waals surface area contributed by atoms with Gasteiger partial charge in [0, 0.05) is 0 Å². The first-order valence-corrected chi connectivity index (χ1v) is 6.07. The highest BCUT2D eigenvalue weighted by atomic mass is 16.5. The summed E-state index contributed by atoms with van der Waals surface area (Å²) in [5.74, 6) is 0.108. The molecule has 0 bridgehead atoms. The summed E-state index contributed by atoms with van der Waals surface area (Å²) in [6, 6.07) is 4.78. The van der Waals surface area contributed by atoms with Crippen molar-refractivity contribution < 1.29 is 14.6 Å². The van der Waals surface area contributed by atoms with E-state index in [0.717, 1.165) is 0 Å². The minimum absolute atomic E-state index is 0.0888. The van der Waals surface area contributed by atoms with Gasteiger partial charge >= 0.3 is 0 Å². The molecule has 0 spiro atoms. The van der Waals surface area contributed by atoms with Crippen molar-refractivity contribution in [2.24, 2.45) is 0 Å². The number of anilines is 1. The van der Waals surface area contributed by atoms with Crippen LogP contribution in [0.4, 0.5) is 5.69 Å². The summed E-state index contributed by atoms with van der Waals surface area (Å²) in [6.45, 7) is 4.07. The van der Waals surface area contributed by atoms with Crippen molar-refractivity contribution in [3.63, 3.8) is 0 Å². The maximum atomic E-state index is 12.1. The molecule has 0 aliphatic carbocycles. The lowest BCUT2D eigenvalue weighted by atomic mass is 10.1. The second kappa shape index (κ2) is 6.86. The zero-order chi connectivity index (χ0) is 13.5. The third-order valence-corrected chi connectivity index (χ3v) is 2.63. The zero-order valence-electron chi connectivity index (χ0n) is 10.8. The molecule has 1 unspecified atom stereocenters. The summed E-state index contributed by atoms with van der Waals surface area (Å²) in [7, 11) is 0. The van der Waals surface area contributed by atoms with Gasteiger partial charge in [-0.3, -0.25) is 4.79 Å². The molecule has 0 heterocycles. The molecule has 5 heteroatoms. The SMILES string of the molecule is CCOc1c(N)cccc1C(=O)NC(CC)CO. The standard InChI is InChI=1S/C13H20N2O3/c1-3-9(8-16)15-13(17)10-6-5-7-11(14)12(10)18-4-2/h5-7,9,16H,3-4,8,14H2,1-2H3,(H,15,17). The average Bonchev–Trinajstić information content (AvgIpc) is 2.38. The number of carbonyl (C=O) groups excluding carboxylic acids is 1. The number of amides is 1. The summed E-state index contributed by atoms with van der Waals surface area (Å²) < 4.78 is 5.39. The highest BCUT2D eigenvalue weighted by molar-refractivity contribution is 5.98. The molecule has 5 nitrogen and oxygen atoms in total. The maximum Gasteiger partial charge on any atom is 0.255 e. The number of nitrogen functional groups attached to an aromatic ring is 1. The van der Waals surface area contributed by atoms with Gasteiger partial charge in [0.2, 0.25) is 0 Å². The van der Waals surface area contributed by atoms with Crippen molar-refractivity contribution in [1.29, 1.82) is 0 Å². The Morgan fingerprint density at radius 1 is 1.50 bits per heavy atom. The number of ether oxygens (including phenoxy) is 1. The molecular formula is C13H20N2O3. The second-order valence-electron chi connectivity index (χ2n) is 3.92. The minimum atomic E-state index is -0.286. The highest BCUT2D eigenvalue weighted by Gasteiger charge is 2.17. The molecule has 0 saturated heterocycles. The number of nitrogens with two attached hydrogens (primary N) is 1. The van der Waals surface area contributed by atoms with Gasteiger partial charge in [-0.05, 0) is 25.5 Å². The van der Waals surface area contributed by atoms with Gasteiger partial charge in [0.05, 0.1) is 30.5 Å². The Labute approximate surface area is 107 Å². The summed E-state index contributed by atoms with van der Waals surface area (Å²) in [4.78, 5) is 12.1. The average molecular weight is 252 g/mol. The summed E-state index contributed by atoms with van der Waals surface area (Å²) >= 11 is 0. The van der Waals surface area contributed by atoms with E-state index in [2.05, 4.69) is 5.32 Å². The number of hydrogen-bond acceptors (Lipinski definition) is 4. The predicted molar refractivity (Wildman–Crippen MR) is 70.7 cm³/mol. The van der Waals surface area contributed by atoms with Crippen LogP contribution in [-0.4, -0.2) is 30.3 Å². The summed E-state index contributed by atoms with van der Waals surface area (Å²) in [5.41, 5.74) is 6.61. The van der Waals surface area contributed by atoms with Gasteiger partial charge in [0.1, 0.15) is 0 Å². The number of aliphatic hydroxyl groups excluding tert-OH is 1. The number of rotatable bonds is 6. The Balaban J connectivity index is 2.94. The Hall–Kier alpha value is -1.75. The molecule has 1 amide bonds. The number of nitrogens with one attached hydrogen (secondary N) is 1. The molecule has 18 heavy (non-hydrogen) atoms. The Kier molecular flexibility index (Phi) is 5.45. The Bertz CT molecular complexity index is 403. The maximum absolute atomic E-state index is 12.1. The fourth-order valence-electron chi connectivity index (χ4n) is 1.58. The second-order valence-corrected chi connectivity index (χ2v) is 3.92. The number of para-hydroxylation sites is 1. The van der Waals surface area contributed by atoms with E-state index in [0.29, 0.717) is 30.0 Å². The Morgan fingerprint density at radius 3 is 2.78 bits per heavy atom. The first kappa shape index (κ1) is 14.3. The molecule has 1 rings (SSSR count). The van der Waals surface area contributed by atoms with Crippen molar-refractivity contribution in [1.82, 2.24) is 5.32 Å². The van der Waals surface area contributed by atoms with Crippen LogP contribution in [0.2, 0.25) is 0 Å². The monoisotopic (exact) mass is 252 g/mol. The quantitative estimate of drug-likeness (QED) is 0.663. The molecule has 1 aromatic carbocycles. The molecule has 0 fully saturated rings. The fourth-order valence-corrected chi connectivity index (χ4v) is 1.58. The molecule has 1 aromatic rings. The van der Waals surface area contributed by atoms with Gasteiger partial charge in [-0.15, -0.1) is 0 Å². The molecule has 100 valence electrons. The molecular weight excluding hydrogens is 232 g/mol. The van der Waals surface area contributed by atoms with Crippen molar-refractivity contribution in [2.75, 3.05) is 18.9 Å². The lowest BCUT2D eigenvalue weighted by molar-refractivity contribution is 0.0911. The molecule has 0 aliphatic heterocycles. The van der Waals surface area contributed by atoms with Gasteiger partial charge in [-0.2, -0.15) is 0 Å². The number of aliphatic hydroxyl groups is 1. The first-order valence-electron chi connectivity index (χ1n) is 6.07. The van der Waals surface area contributed by atoms with Crippen molar-refractivity contribution in [2.45, 2.75) is 26.3 Å². The molecule has 4 N–H and O–H groups in total. The Morgan fingerprint density at radius 2 is 2.22 bits per heavy atom. The third kappa shape index (κ3) is 3.37. The van der Waals surface area contributed by atoms with Gasteiger partial charge in [-0.25, -0.2) is 0 Å². The smallest absolute Gasteiger partial charge is 0.255 e. The largest absolute Gasteiger partial charge is 0.491 e. The predicted octanol–water partition coefficient (Wildman–Crippen LogP) is 1.17. The van der Waals surface area contributed by atoms with Gasteiger partial charge < -0.3 is 20.9 Å². The van der Waals surface area contributed by atoms with E-state index >= 15 is 0 Å². The van der Waals surface area contributed by atoms with Gasteiger partial charge in [0.25, 0.3) is 5.91 Å². The van der Waals surface area contributed by atoms with E-state index < -0.39 is 0 Å². The minimum Gasteiger partial charge on any atom is -0.491 e. The van der Waals surface area contributed by atoms with Crippen molar-refractivity contribution in [3.8, 4) is 5.75 Å². The molecule has 0 saturated carbocycles. The van der Waals surface area contributed by atoms with Crippen LogP contribution >= 0.6 is 0 Å². The zero-order valence-corrected chi connectivity index (χ0v) is 10.8. The summed E-state index contributed by atoms with van der Waals surface area (Å²) in [5, 5.41) is 11.8. The van der Waals surface area contributed by atoms with Crippen LogP contribution in [0.1, 0.15) is 30.6 Å². The van der Waals surface area contributed by atoms with Crippen LogP contribution in [0.5, 0.6) is 5.75 Å². The molecule has 0 aromatic heterocycles. The van der Waals surface area contributed by atoms with Crippen LogP contribution in [0, 0.1) is 0 Å². The van der Waals surface area contributed by atoms with Gasteiger partial charge in [-0.1, -0.05) is 13.0 Å². The van der Waals surface area contributed by atoms with E-state index in [-0.39, 0.29) is 18.6 Å². The van der Waals surface area contributed by atoms with E-state index in [9.17, 15) is 4.79 Å². The molecule has 0 radical (unpaired) electrons. The summed E-state index contributed by atoms with van der Waals surface area (Å²) in [6.07, 6.45) is 0.661.